The summed E-state index contributed by atoms with van der Waals surface area (Å²) >= 11 is 1.42. The number of nitriles is 1. The van der Waals surface area contributed by atoms with Crippen molar-refractivity contribution in [2.75, 3.05) is 42.9 Å². The van der Waals surface area contributed by atoms with Crippen LogP contribution < -0.4 is 10.2 Å². The van der Waals surface area contributed by atoms with E-state index in [0.29, 0.717) is 11.7 Å². The smallest absolute Gasteiger partial charge is 0.240 e. The van der Waals surface area contributed by atoms with E-state index in [0.717, 1.165) is 69.7 Å². The van der Waals surface area contributed by atoms with Crippen molar-refractivity contribution in [2.45, 2.75) is 39.0 Å². The zero-order valence-corrected chi connectivity index (χ0v) is 17.6. The van der Waals surface area contributed by atoms with Crippen molar-refractivity contribution < 1.29 is 4.79 Å². The number of pyridine rings is 1. The minimum absolute atomic E-state index is 0.0352. The van der Waals surface area contributed by atoms with E-state index < -0.39 is 0 Å². The van der Waals surface area contributed by atoms with Crippen molar-refractivity contribution in [3.8, 4) is 6.07 Å². The van der Waals surface area contributed by atoms with Gasteiger partial charge in [-0.1, -0.05) is 13.3 Å². The van der Waals surface area contributed by atoms with Crippen LogP contribution in [-0.4, -0.2) is 53.5 Å². The number of carbonyl (C=O) groups is 1. The first-order valence-corrected chi connectivity index (χ1v) is 11.2. The minimum Gasteiger partial charge on any atom is -0.353 e. The Hall–Kier alpha value is -2.50. The van der Waals surface area contributed by atoms with Crippen LogP contribution in [0.4, 0.5) is 10.9 Å². The van der Waals surface area contributed by atoms with Gasteiger partial charge in [0, 0.05) is 43.4 Å². The molecule has 2 aromatic heterocycles. The molecule has 3 heterocycles. The molecular weight excluding hydrogens is 384 g/mol. The number of nitrogens with one attached hydrogen (secondary N) is 1. The average Bonchev–Trinajstić information content (AvgIpc) is 3.40. The van der Waals surface area contributed by atoms with E-state index in [-0.39, 0.29) is 5.91 Å². The monoisotopic (exact) mass is 410 g/mol. The van der Waals surface area contributed by atoms with E-state index in [2.05, 4.69) is 33.1 Å². The van der Waals surface area contributed by atoms with Crippen LogP contribution in [0, 0.1) is 11.3 Å². The number of aromatic nitrogens is 2. The molecule has 7 nitrogen and oxygen atoms in total. The molecule has 4 rings (SSSR count). The molecule has 1 aliphatic heterocycles. The molecule has 0 saturated carbocycles. The molecule has 1 amide bonds. The normalized spacial score (nSPS) is 16.5. The first-order valence-electron chi connectivity index (χ1n) is 10.3. The van der Waals surface area contributed by atoms with Crippen molar-refractivity contribution in [2.24, 2.45) is 0 Å². The molecule has 1 fully saturated rings. The maximum atomic E-state index is 12.2. The van der Waals surface area contributed by atoms with Gasteiger partial charge >= 0.3 is 0 Å². The number of thiazole rings is 1. The summed E-state index contributed by atoms with van der Waals surface area (Å²) in [6, 6.07) is 2.44. The lowest BCUT2D eigenvalue weighted by molar-refractivity contribution is -0.117. The van der Waals surface area contributed by atoms with Gasteiger partial charge < -0.3 is 10.2 Å². The third-order valence-electron chi connectivity index (χ3n) is 5.65. The Morgan fingerprint density at radius 3 is 2.76 bits per heavy atom. The van der Waals surface area contributed by atoms with E-state index in [1.54, 1.807) is 6.20 Å². The Labute approximate surface area is 175 Å². The highest BCUT2D eigenvalue weighted by Gasteiger charge is 2.27. The second-order valence-corrected chi connectivity index (χ2v) is 8.47. The van der Waals surface area contributed by atoms with Gasteiger partial charge in [-0.25, -0.2) is 9.97 Å². The molecule has 8 heteroatoms. The van der Waals surface area contributed by atoms with Crippen molar-refractivity contribution in [3.63, 3.8) is 0 Å². The predicted molar refractivity (Wildman–Crippen MR) is 114 cm³/mol. The van der Waals surface area contributed by atoms with Crippen LogP contribution in [0.1, 0.15) is 42.1 Å². The number of carbonyl (C=O) groups excluding carboxylic acids is 1. The first-order chi connectivity index (χ1) is 14.2. The molecule has 0 radical (unpaired) electrons. The second-order valence-electron chi connectivity index (χ2n) is 7.58. The van der Waals surface area contributed by atoms with Crippen LogP contribution in [0.25, 0.3) is 0 Å². The molecule has 0 unspecified atom stereocenters. The fourth-order valence-electron chi connectivity index (χ4n) is 4.28. The second kappa shape index (κ2) is 8.89. The lowest BCUT2D eigenvalue weighted by Crippen LogP contribution is -2.49. The molecule has 1 aliphatic carbocycles. The van der Waals surface area contributed by atoms with Gasteiger partial charge in [0.15, 0.2) is 5.13 Å². The standard InChI is InChI=1S/C21H26N6OS/c1-2-4-18-16-6-3-5-15(16)17(13-22)20(24-18)27-10-8-26(9-11-27)14-19(28)25-21-23-7-12-29-21/h7,12H,2-6,8-11,14H2,1H3,(H,23,25,28). The summed E-state index contributed by atoms with van der Waals surface area (Å²) in [7, 11) is 0. The Balaban J connectivity index is 1.44. The molecule has 29 heavy (non-hydrogen) atoms. The number of nitrogens with zero attached hydrogens (tertiary/aromatic N) is 5. The largest absolute Gasteiger partial charge is 0.353 e. The summed E-state index contributed by atoms with van der Waals surface area (Å²) in [5.74, 6) is 0.815. The number of amides is 1. The van der Waals surface area contributed by atoms with Crippen LogP contribution in [0.15, 0.2) is 11.6 Å². The molecular formula is C21H26N6OS. The minimum atomic E-state index is -0.0352. The molecule has 2 aromatic rings. The van der Waals surface area contributed by atoms with E-state index in [1.165, 1.54) is 28.2 Å². The highest BCUT2D eigenvalue weighted by Crippen LogP contribution is 2.33. The number of hydrogen-bond donors (Lipinski definition) is 1. The topological polar surface area (TPSA) is 85.2 Å². The van der Waals surface area contributed by atoms with Crippen LogP contribution in [0.5, 0.6) is 0 Å². The van der Waals surface area contributed by atoms with Gasteiger partial charge in [0.2, 0.25) is 5.91 Å². The van der Waals surface area contributed by atoms with Crippen LogP contribution in [0.2, 0.25) is 0 Å². The lowest BCUT2D eigenvalue weighted by atomic mass is 10.0. The highest BCUT2D eigenvalue weighted by atomic mass is 32.1. The zero-order valence-electron chi connectivity index (χ0n) is 16.8. The predicted octanol–water partition coefficient (Wildman–Crippen LogP) is 2.61. The number of hydrogen-bond acceptors (Lipinski definition) is 7. The van der Waals surface area contributed by atoms with E-state index in [4.69, 9.17) is 4.98 Å². The first kappa shape index (κ1) is 19.8. The summed E-state index contributed by atoms with van der Waals surface area (Å²) in [6.45, 7) is 5.64. The maximum Gasteiger partial charge on any atom is 0.240 e. The number of piperazine rings is 1. The summed E-state index contributed by atoms with van der Waals surface area (Å²) in [6.07, 6.45) is 6.87. The van der Waals surface area contributed by atoms with Crippen LogP contribution >= 0.6 is 11.3 Å². The third-order valence-corrected chi connectivity index (χ3v) is 6.34. The average molecular weight is 411 g/mol. The zero-order chi connectivity index (χ0) is 20.2. The summed E-state index contributed by atoms with van der Waals surface area (Å²) in [5.41, 5.74) is 4.50. The summed E-state index contributed by atoms with van der Waals surface area (Å²) < 4.78 is 0. The quantitative estimate of drug-likeness (QED) is 0.788. The Bertz CT molecular complexity index is 912. The number of fused-ring (bicyclic) bond motifs is 1. The third kappa shape index (κ3) is 4.26. The van der Waals surface area contributed by atoms with Crippen molar-refractivity contribution in [3.05, 3.63) is 34.0 Å². The van der Waals surface area contributed by atoms with Gasteiger partial charge in [-0.15, -0.1) is 11.3 Å². The van der Waals surface area contributed by atoms with Gasteiger partial charge in [0.05, 0.1) is 12.1 Å². The number of aryl methyl sites for hydroxylation is 1. The lowest BCUT2D eigenvalue weighted by Gasteiger charge is -2.35. The van der Waals surface area contributed by atoms with Crippen molar-refractivity contribution in [1.82, 2.24) is 14.9 Å². The SMILES string of the molecule is CCCc1nc(N2CCN(CC(=O)Nc3nccs3)CC2)c(C#N)c2c1CCC2. The number of anilines is 2. The van der Waals surface area contributed by atoms with Crippen LogP contribution in [-0.2, 0) is 24.1 Å². The molecule has 0 bridgehead atoms. The highest BCUT2D eigenvalue weighted by molar-refractivity contribution is 7.13. The van der Waals surface area contributed by atoms with Gasteiger partial charge in [0.1, 0.15) is 11.9 Å². The molecule has 2 aliphatic rings. The molecule has 0 spiro atoms. The Kier molecular flexibility index (Phi) is 6.07. The van der Waals surface area contributed by atoms with Crippen LogP contribution in [0.3, 0.4) is 0 Å². The molecule has 1 saturated heterocycles. The molecule has 1 N–H and O–H groups in total. The Morgan fingerprint density at radius 1 is 1.28 bits per heavy atom. The maximum absolute atomic E-state index is 12.2. The van der Waals surface area contributed by atoms with E-state index in [9.17, 15) is 10.1 Å². The molecule has 152 valence electrons. The van der Waals surface area contributed by atoms with E-state index >= 15 is 0 Å². The molecule has 0 aromatic carbocycles. The number of rotatable bonds is 6. The van der Waals surface area contributed by atoms with Gasteiger partial charge in [0.25, 0.3) is 0 Å². The van der Waals surface area contributed by atoms with Gasteiger partial charge in [-0.3, -0.25) is 9.69 Å². The van der Waals surface area contributed by atoms with E-state index in [1.807, 2.05) is 5.38 Å². The fourth-order valence-corrected chi connectivity index (χ4v) is 4.82. The van der Waals surface area contributed by atoms with Crippen molar-refractivity contribution in [1.29, 1.82) is 5.26 Å². The van der Waals surface area contributed by atoms with Gasteiger partial charge in [-0.05, 0) is 36.8 Å². The summed E-state index contributed by atoms with van der Waals surface area (Å²) in [4.78, 5) is 25.6. The van der Waals surface area contributed by atoms with Crippen molar-refractivity contribution >= 4 is 28.2 Å². The molecule has 0 atom stereocenters. The summed E-state index contributed by atoms with van der Waals surface area (Å²) in [5, 5.41) is 15.2. The fraction of sp³-hybridized carbons (Fsp3) is 0.524. The Morgan fingerprint density at radius 2 is 2.07 bits per heavy atom. The van der Waals surface area contributed by atoms with Gasteiger partial charge in [-0.2, -0.15) is 5.26 Å².